The minimum Gasteiger partial charge on any atom is -0.494 e. The Bertz CT molecular complexity index is 935. The number of sulfonamides is 1. The van der Waals surface area contributed by atoms with E-state index in [9.17, 15) is 13.2 Å². The number of nitrogens with zero attached hydrogens (tertiary/aromatic N) is 1. The monoisotopic (exact) mass is 444 g/mol. The molecule has 1 amide bonds. The van der Waals surface area contributed by atoms with Gasteiger partial charge in [-0.05, 0) is 61.2 Å². The summed E-state index contributed by atoms with van der Waals surface area (Å²) in [5, 5.41) is 2.87. The zero-order valence-electron chi connectivity index (χ0n) is 18.2. The van der Waals surface area contributed by atoms with Crippen molar-refractivity contribution in [3.8, 4) is 5.75 Å². The number of rotatable bonds is 11. The predicted molar refractivity (Wildman–Crippen MR) is 122 cm³/mol. The summed E-state index contributed by atoms with van der Waals surface area (Å²) in [7, 11) is -3.41. The predicted octanol–water partition coefficient (Wildman–Crippen LogP) is 4.36. The van der Waals surface area contributed by atoms with E-state index in [2.05, 4.69) is 12.2 Å². The lowest BCUT2D eigenvalue weighted by Crippen LogP contribution is -2.28. The van der Waals surface area contributed by atoms with Crippen LogP contribution in [0.3, 0.4) is 0 Å². The molecule has 0 atom stereocenters. The van der Waals surface area contributed by atoms with Crippen molar-refractivity contribution in [1.82, 2.24) is 9.62 Å². The molecule has 168 valence electrons. The van der Waals surface area contributed by atoms with Crippen molar-refractivity contribution < 1.29 is 17.9 Å². The summed E-state index contributed by atoms with van der Waals surface area (Å²) in [5.74, 6) is 0.589. The van der Waals surface area contributed by atoms with Gasteiger partial charge in [-0.15, -0.1) is 0 Å². The number of ether oxygens (including phenoxy) is 1. The zero-order valence-corrected chi connectivity index (χ0v) is 19.0. The average molecular weight is 445 g/mol. The summed E-state index contributed by atoms with van der Waals surface area (Å²) < 4.78 is 32.4. The maximum absolute atomic E-state index is 12.6. The third kappa shape index (κ3) is 6.55. The van der Waals surface area contributed by atoms with Crippen LogP contribution >= 0.6 is 0 Å². The van der Waals surface area contributed by atoms with Gasteiger partial charge < -0.3 is 10.1 Å². The molecule has 0 radical (unpaired) electrons. The maximum atomic E-state index is 12.6. The Hall–Kier alpha value is -2.38. The van der Waals surface area contributed by atoms with Crippen molar-refractivity contribution in [3.63, 3.8) is 0 Å². The van der Waals surface area contributed by atoms with Crippen LogP contribution in [0.1, 0.15) is 61.4 Å². The second-order valence-corrected chi connectivity index (χ2v) is 9.81. The van der Waals surface area contributed by atoms with Gasteiger partial charge in [0.05, 0.1) is 11.5 Å². The molecule has 1 fully saturated rings. The Morgan fingerprint density at radius 2 is 1.65 bits per heavy atom. The number of nitrogens with one attached hydrogen (secondary N) is 1. The van der Waals surface area contributed by atoms with Crippen LogP contribution in [0.2, 0.25) is 0 Å². The minimum absolute atomic E-state index is 0.178. The topological polar surface area (TPSA) is 75.7 Å². The molecule has 0 aromatic heterocycles. The molecule has 1 saturated heterocycles. The van der Waals surface area contributed by atoms with E-state index in [1.54, 1.807) is 36.4 Å². The molecule has 1 aliphatic heterocycles. The van der Waals surface area contributed by atoms with E-state index in [0.29, 0.717) is 36.7 Å². The lowest BCUT2D eigenvalue weighted by atomic mass is 10.2. The average Bonchev–Trinajstić information content (AvgIpc) is 3.34. The highest BCUT2D eigenvalue weighted by atomic mass is 32.2. The molecule has 7 heteroatoms. The largest absolute Gasteiger partial charge is 0.494 e. The molecule has 2 aromatic rings. The van der Waals surface area contributed by atoms with Gasteiger partial charge in [0.2, 0.25) is 10.0 Å². The third-order valence-corrected chi connectivity index (χ3v) is 7.38. The van der Waals surface area contributed by atoms with Crippen LogP contribution in [0.5, 0.6) is 5.75 Å². The number of hydrogen-bond acceptors (Lipinski definition) is 4. The molecular formula is C24H32N2O4S. The number of amides is 1. The molecular weight excluding hydrogens is 412 g/mol. The lowest BCUT2D eigenvalue weighted by molar-refractivity contribution is 0.0951. The first kappa shape index (κ1) is 23.3. The van der Waals surface area contributed by atoms with Crippen LogP contribution in [0, 0.1) is 0 Å². The fourth-order valence-electron chi connectivity index (χ4n) is 3.56. The molecule has 31 heavy (non-hydrogen) atoms. The van der Waals surface area contributed by atoms with Gasteiger partial charge >= 0.3 is 0 Å². The van der Waals surface area contributed by atoms with E-state index in [0.717, 1.165) is 30.6 Å². The molecule has 0 bridgehead atoms. The number of unbranched alkanes of at least 4 members (excludes halogenated alkanes) is 3. The molecule has 1 aliphatic rings. The number of benzene rings is 2. The molecule has 0 spiro atoms. The number of carbonyl (C=O) groups is 1. The smallest absolute Gasteiger partial charge is 0.251 e. The minimum atomic E-state index is -3.41. The van der Waals surface area contributed by atoms with Crippen molar-refractivity contribution in [2.45, 2.75) is 56.9 Å². The summed E-state index contributed by atoms with van der Waals surface area (Å²) in [6, 6.07) is 13.9. The van der Waals surface area contributed by atoms with E-state index in [-0.39, 0.29) is 5.91 Å². The van der Waals surface area contributed by atoms with Crippen LogP contribution < -0.4 is 10.1 Å². The Kier molecular flexibility index (Phi) is 8.49. The van der Waals surface area contributed by atoms with Crippen molar-refractivity contribution in [1.29, 1.82) is 0 Å². The fourth-order valence-corrected chi connectivity index (χ4v) is 5.08. The lowest BCUT2D eigenvalue weighted by Gasteiger charge is -2.15. The first-order valence-corrected chi connectivity index (χ1v) is 12.5. The first-order valence-electron chi connectivity index (χ1n) is 11.1. The highest BCUT2D eigenvalue weighted by Crippen LogP contribution is 2.21. The van der Waals surface area contributed by atoms with Gasteiger partial charge in [0.1, 0.15) is 5.75 Å². The Balaban J connectivity index is 1.48. The van der Waals surface area contributed by atoms with E-state index >= 15 is 0 Å². The molecule has 0 aliphatic carbocycles. The van der Waals surface area contributed by atoms with Crippen molar-refractivity contribution in [2.75, 3.05) is 19.7 Å². The Morgan fingerprint density at radius 3 is 2.29 bits per heavy atom. The van der Waals surface area contributed by atoms with E-state index in [4.69, 9.17) is 4.74 Å². The summed E-state index contributed by atoms with van der Waals surface area (Å²) in [4.78, 5) is 12.7. The van der Waals surface area contributed by atoms with Crippen LogP contribution in [-0.4, -0.2) is 38.3 Å². The zero-order chi connectivity index (χ0) is 22.1. The van der Waals surface area contributed by atoms with Gasteiger partial charge in [-0.3, -0.25) is 4.79 Å². The van der Waals surface area contributed by atoms with Gasteiger partial charge in [0, 0.05) is 25.2 Å². The van der Waals surface area contributed by atoms with Crippen LogP contribution in [0.25, 0.3) is 0 Å². The van der Waals surface area contributed by atoms with E-state index in [1.807, 2.05) is 12.1 Å². The summed E-state index contributed by atoms with van der Waals surface area (Å²) in [5.41, 5.74) is 1.41. The molecule has 3 rings (SSSR count). The summed E-state index contributed by atoms with van der Waals surface area (Å²) >= 11 is 0. The maximum Gasteiger partial charge on any atom is 0.251 e. The second-order valence-electron chi connectivity index (χ2n) is 7.87. The van der Waals surface area contributed by atoms with Gasteiger partial charge in [-0.2, -0.15) is 4.31 Å². The quantitative estimate of drug-likeness (QED) is 0.523. The Morgan fingerprint density at radius 1 is 0.968 bits per heavy atom. The van der Waals surface area contributed by atoms with E-state index < -0.39 is 10.0 Å². The van der Waals surface area contributed by atoms with Crippen molar-refractivity contribution >= 4 is 15.9 Å². The highest BCUT2D eigenvalue weighted by Gasteiger charge is 2.26. The highest BCUT2D eigenvalue weighted by molar-refractivity contribution is 7.89. The summed E-state index contributed by atoms with van der Waals surface area (Å²) in [6.07, 6.45) is 6.45. The van der Waals surface area contributed by atoms with Gasteiger partial charge in [0.15, 0.2) is 0 Å². The number of hydrogen-bond donors (Lipinski definition) is 1. The van der Waals surface area contributed by atoms with Crippen LogP contribution in [0.4, 0.5) is 0 Å². The molecule has 0 unspecified atom stereocenters. The Labute approximate surface area is 185 Å². The second kappa shape index (κ2) is 11.3. The molecule has 2 aromatic carbocycles. The molecule has 0 saturated carbocycles. The van der Waals surface area contributed by atoms with Gasteiger partial charge in [0.25, 0.3) is 5.91 Å². The van der Waals surface area contributed by atoms with Crippen LogP contribution in [-0.2, 0) is 16.6 Å². The van der Waals surface area contributed by atoms with E-state index in [1.165, 1.54) is 23.6 Å². The van der Waals surface area contributed by atoms with Crippen molar-refractivity contribution in [2.24, 2.45) is 0 Å². The molecule has 1 heterocycles. The number of carbonyl (C=O) groups excluding carboxylic acids is 1. The fraction of sp³-hybridized carbons (Fsp3) is 0.458. The van der Waals surface area contributed by atoms with Crippen molar-refractivity contribution in [3.05, 3.63) is 59.7 Å². The molecule has 1 N–H and O–H groups in total. The SMILES string of the molecule is CCCCCCOc1ccc(C(=O)NCc2ccc(S(=O)(=O)N3CCCC3)cc2)cc1. The van der Waals surface area contributed by atoms with Gasteiger partial charge in [-0.1, -0.05) is 38.3 Å². The standard InChI is InChI=1S/C24H32N2O4S/c1-2-3-4-7-18-30-22-12-10-21(11-13-22)24(27)25-19-20-8-14-23(15-9-20)31(28,29)26-16-5-6-17-26/h8-15H,2-7,16-19H2,1H3,(H,25,27). The summed E-state index contributed by atoms with van der Waals surface area (Å²) in [6.45, 7) is 4.37. The third-order valence-electron chi connectivity index (χ3n) is 5.46. The molecule has 6 nitrogen and oxygen atoms in total. The first-order chi connectivity index (χ1) is 15.0. The van der Waals surface area contributed by atoms with Gasteiger partial charge in [-0.25, -0.2) is 8.42 Å². The normalized spacial score (nSPS) is 14.5. The van der Waals surface area contributed by atoms with Crippen LogP contribution in [0.15, 0.2) is 53.4 Å².